The molecule has 1 aliphatic rings. The Bertz CT molecular complexity index is 756. The third-order valence-electron chi connectivity index (χ3n) is 4.04. The summed E-state index contributed by atoms with van der Waals surface area (Å²) in [5.41, 5.74) is 8.82. The fraction of sp³-hybridized carbons (Fsp3) is 0.211. The van der Waals surface area contributed by atoms with Crippen LogP contribution in [-0.4, -0.2) is 32.2 Å². The molecule has 0 aromatic heterocycles. The molecule has 2 N–H and O–H groups in total. The molecule has 0 bridgehead atoms. The quantitative estimate of drug-likeness (QED) is 0.755. The van der Waals surface area contributed by atoms with E-state index in [1.807, 2.05) is 30.3 Å². The summed E-state index contributed by atoms with van der Waals surface area (Å²) in [5, 5.41) is 0. The molecule has 1 fully saturated rings. The number of nitrogens with one attached hydrogen (secondary N) is 2. The number of hydrazine groups is 1. The number of morpholine rings is 1. The topological polar surface area (TPSA) is 53.6 Å². The highest BCUT2D eigenvalue weighted by Gasteiger charge is 2.12. The number of carbonyl (C=O) groups excluding carboxylic acids is 1. The van der Waals surface area contributed by atoms with E-state index in [0.717, 1.165) is 42.0 Å². The number of benzene rings is 2. The zero-order valence-electron chi connectivity index (χ0n) is 13.8. The molecule has 0 aliphatic carbocycles. The molecule has 25 heavy (non-hydrogen) atoms. The van der Waals surface area contributed by atoms with Gasteiger partial charge < -0.3 is 9.64 Å². The molecule has 0 radical (unpaired) electrons. The van der Waals surface area contributed by atoms with Crippen LogP contribution in [-0.2, 0) is 4.74 Å². The van der Waals surface area contributed by atoms with E-state index in [0.29, 0.717) is 11.3 Å². The van der Waals surface area contributed by atoms with Gasteiger partial charge in [-0.1, -0.05) is 30.8 Å². The maximum absolute atomic E-state index is 12.2. The standard InChI is InChI=1S/C19H20BrN3O2/c1-14(21-22-19(24)17-4-2-3-5-18(17)20)15-6-8-16(9-7-15)23-10-12-25-13-11-23/h2-9,21H,1,10-13H2,(H,22,24). The molecular formula is C19H20BrN3O2. The molecule has 0 atom stereocenters. The molecule has 3 rings (SSSR count). The summed E-state index contributed by atoms with van der Waals surface area (Å²) in [7, 11) is 0. The van der Waals surface area contributed by atoms with Crippen molar-refractivity contribution in [1.82, 2.24) is 10.9 Å². The number of hydrogen-bond donors (Lipinski definition) is 2. The first-order valence-corrected chi connectivity index (χ1v) is 8.87. The Kier molecular flexibility index (Phi) is 5.73. The van der Waals surface area contributed by atoms with Gasteiger partial charge in [-0.25, -0.2) is 0 Å². The molecule has 0 spiro atoms. The van der Waals surface area contributed by atoms with Crippen molar-refractivity contribution in [3.63, 3.8) is 0 Å². The molecule has 0 unspecified atom stereocenters. The lowest BCUT2D eigenvalue weighted by Gasteiger charge is -2.29. The first-order valence-electron chi connectivity index (χ1n) is 8.08. The summed E-state index contributed by atoms with van der Waals surface area (Å²) in [6.45, 7) is 7.31. The van der Waals surface area contributed by atoms with Crippen LogP contribution in [0.3, 0.4) is 0 Å². The normalized spacial score (nSPS) is 14.0. The first-order chi connectivity index (χ1) is 12.1. The smallest absolute Gasteiger partial charge is 0.270 e. The molecule has 2 aromatic rings. The zero-order valence-corrected chi connectivity index (χ0v) is 15.4. The van der Waals surface area contributed by atoms with Crippen LogP contribution in [0.15, 0.2) is 59.6 Å². The van der Waals surface area contributed by atoms with E-state index in [4.69, 9.17) is 4.74 Å². The van der Waals surface area contributed by atoms with E-state index < -0.39 is 0 Å². The van der Waals surface area contributed by atoms with Gasteiger partial charge in [-0.2, -0.15) is 0 Å². The SMILES string of the molecule is C=C(NNC(=O)c1ccccc1Br)c1ccc(N2CCOCC2)cc1. The maximum atomic E-state index is 12.2. The van der Waals surface area contributed by atoms with Crippen molar-refractivity contribution < 1.29 is 9.53 Å². The lowest BCUT2D eigenvalue weighted by Crippen LogP contribution is -2.36. The number of ether oxygens (including phenoxy) is 1. The summed E-state index contributed by atoms with van der Waals surface area (Å²) < 4.78 is 6.12. The van der Waals surface area contributed by atoms with Crippen LogP contribution in [0.2, 0.25) is 0 Å². The average Bonchev–Trinajstić information content (AvgIpc) is 2.67. The largest absolute Gasteiger partial charge is 0.378 e. The van der Waals surface area contributed by atoms with Gasteiger partial charge in [-0.3, -0.25) is 15.6 Å². The highest BCUT2D eigenvalue weighted by Crippen LogP contribution is 2.19. The third kappa shape index (κ3) is 4.41. The number of carbonyl (C=O) groups is 1. The Morgan fingerprint density at radius 2 is 1.72 bits per heavy atom. The van der Waals surface area contributed by atoms with Gasteiger partial charge in [-0.15, -0.1) is 0 Å². The van der Waals surface area contributed by atoms with E-state index in [1.165, 1.54) is 0 Å². The van der Waals surface area contributed by atoms with Gasteiger partial charge in [0.1, 0.15) is 0 Å². The van der Waals surface area contributed by atoms with E-state index in [2.05, 4.69) is 50.4 Å². The minimum absolute atomic E-state index is 0.224. The molecule has 130 valence electrons. The van der Waals surface area contributed by atoms with Crippen molar-refractivity contribution >= 4 is 33.2 Å². The second kappa shape index (κ2) is 8.18. The van der Waals surface area contributed by atoms with Gasteiger partial charge in [0.25, 0.3) is 5.91 Å². The monoisotopic (exact) mass is 401 g/mol. The molecule has 2 aromatic carbocycles. The number of nitrogens with zero attached hydrogens (tertiary/aromatic N) is 1. The number of rotatable bonds is 5. The van der Waals surface area contributed by atoms with Crippen LogP contribution >= 0.6 is 15.9 Å². The van der Waals surface area contributed by atoms with Crippen molar-refractivity contribution in [2.24, 2.45) is 0 Å². The second-order valence-electron chi connectivity index (χ2n) is 5.68. The van der Waals surface area contributed by atoms with Crippen LogP contribution in [0.5, 0.6) is 0 Å². The highest BCUT2D eigenvalue weighted by molar-refractivity contribution is 9.10. The first kappa shape index (κ1) is 17.5. The number of halogens is 1. The molecule has 0 saturated carbocycles. The zero-order chi connectivity index (χ0) is 17.6. The van der Waals surface area contributed by atoms with Gasteiger partial charge in [0.2, 0.25) is 0 Å². The summed E-state index contributed by atoms with van der Waals surface area (Å²) in [5.74, 6) is -0.224. The Labute approximate surface area is 155 Å². The molecule has 1 amide bonds. The fourth-order valence-corrected chi connectivity index (χ4v) is 3.08. The van der Waals surface area contributed by atoms with Crippen LogP contribution in [0.25, 0.3) is 5.70 Å². The molecule has 1 aliphatic heterocycles. The molecule has 5 nitrogen and oxygen atoms in total. The molecule has 1 heterocycles. The lowest BCUT2D eigenvalue weighted by molar-refractivity contribution is 0.0941. The average molecular weight is 402 g/mol. The van der Waals surface area contributed by atoms with E-state index >= 15 is 0 Å². The predicted molar refractivity (Wildman–Crippen MR) is 103 cm³/mol. The van der Waals surface area contributed by atoms with Crippen LogP contribution in [0.4, 0.5) is 5.69 Å². The van der Waals surface area contributed by atoms with Crippen LogP contribution < -0.4 is 15.8 Å². The minimum atomic E-state index is -0.224. The highest BCUT2D eigenvalue weighted by atomic mass is 79.9. The van der Waals surface area contributed by atoms with E-state index in [-0.39, 0.29) is 5.91 Å². The predicted octanol–water partition coefficient (Wildman–Crippen LogP) is 3.19. The molecule has 1 saturated heterocycles. The van der Waals surface area contributed by atoms with Gasteiger partial charge in [0.15, 0.2) is 0 Å². The summed E-state index contributed by atoms with van der Waals surface area (Å²) in [6.07, 6.45) is 0. The second-order valence-corrected chi connectivity index (χ2v) is 6.54. The Morgan fingerprint density at radius 1 is 1.04 bits per heavy atom. The van der Waals surface area contributed by atoms with Crippen molar-refractivity contribution in [2.45, 2.75) is 0 Å². The molecular weight excluding hydrogens is 382 g/mol. The summed E-state index contributed by atoms with van der Waals surface area (Å²) in [6, 6.07) is 15.4. The summed E-state index contributed by atoms with van der Waals surface area (Å²) in [4.78, 5) is 14.5. The maximum Gasteiger partial charge on any atom is 0.270 e. The third-order valence-corrected chi connectivity index (χ3v) is 4.73. The molecule has 6 heteroatoms. The van der Waals surface area contributed by atoms with Crippen molar-refractivity contribution in [3.8, 4) is 0 Å². The lowest BCUT2D eigenvalue weighted by atomic mass is 10.1. The van der Waals surface area contributed by atoms with Crippen LogP contribution in [0.1, 0.15) is 15.9 Å². The van der Waals surface area contributed by atoms with Gasteiger partial charge in [-0.05, 0) is 45.8 Å². The Hall–Kier alpha value is -2.31. The number of amides is 1. The Balaban J connectivity index is 1.58. The van der Waals surface area contributed by atoms with Crippen LogP contribution in [0, 0.1) is 0 Å². The Morgan fingerprint density at radius 3 is 2.40 bits per heavy atom. The van der Waals surface area contributed by atoms with E-state index in [1.54, 1.807) is 6.07 Å². The summed E-state index contributed by atoms with van der Waals surface area (Å²) >= 11 is 3.37. The van der Waals surface area contributed by atoms with Gasteiger partial charge >= 0.3 is 0 Å². The minimum Gasteiger partial charge on any atom is -0.378 e. The van der Waals surface area contributed by atoms with Crippen molar-refractivity contribution in [3.05, 3.63) is 70.7 Å². The van der Waals surface area contributed by atoms with E-state index in [9.17, 15) is 4.79 Å². The van der Waals surface area contributed by atoms with Crippen molar-refractivity contribution in [1.29, 1.82) is 0 Å². The number of hydrogen-bond acceptors (Lipinski definition) is 4. The fourth-order valence-electron chi connectivity index (χ4n) is 2.61. The van der Waals surface area contributed by atoms with Crippen molar-refractivity contribution in [2.75, 3.05) is 31.2 Å². The van der Waals surface area contributed by atoms with Gasteiger partial charge in [0.05, 0.1) is 24.5 Å². The van der Waals surface area contributed by atoms with Gasteiger partial charge in [0, 0.05) is 23.2 Å². The number of anilines is 1.